The average molecular weight is 319 g/mol. The molecule has 0 spiro atoms. The molecule has 0 bridgehead atoms. The number of para-hydroxylation sites is 3. The molecule has 4 rings (SSSR count). The standard InChI is InChI=1S/C19H21N5/c1-22(2)11-12-23-18-10-6-4-8-16(18)21-19(23)14-24-17-9-5-3-7-15(17)13-20-24/h3-10,13H,11-12,14H2,1-2H3. The molecule has 0 atom stereocenters. The van der Waals surface area contributed by atoms with E-state index in [-0.39, 0.29) is 0 Å². The fraction of sp³-hybridized carbons (Fsp3) is 0.263. The first-order valence-electron chi connectivity index (χ1n) is 8.22. The summed E-state index contributed by atoms with van der Waals surface area (Å²) >= 11 is 0. The van der Waals surface area contributed by atoms with Gasteiger partial charge in [-0.05, 0) is 32.3 Å². The number of imidazole rings is 1. The topological polar surface area (TPSA) is 38.9 Å². The van der Waals surface area contributed by atoms with Crippen LogP contribution in [0.3, 0.4) is 0 Å². The summed E-state index contributed by atoms with van der Waals surface area (Å²) < 4.78 is 4.34. The van der Waals surface area contributed by atoms with E-state index in [9.17, 15) is 0 Å². The molecular weight excluding hydrogens is 298 g/mol. The van der Waals surface area contributed by atoms with Crippen LogP contribution < -0.4 is 0 Å². The molecule has 0 saturated heterocycles. The van der Waals surface area contributed by atoms with Crippen LogP contribution in [0.4, 0.5) is 0 Å². The molecule has 0 fully saturated rings. The normalized spacial score (nSPS) is 11.8. The highest BCUT2D eigenvalue weighted by Crippen LogP contribution is 2.19. The predicted octanol–water partition coefficient (Wildman–Crippen LogP) is 3.00. The molecule has 2 aromatic heterocycles. The molecule has 0 aliphatic carbocycles. The van der Waals surface area contributed by atoms with E-state index in [1.54, 1.807) is 0 Å². The van der Waals surface area contributed by atoms with Crippen LogP contribution in [0, 0.1) is 0 Å². The van der Waals surface area contributed by atoms with E-state index in [2.05, 4.69) is 65.1 Å². The third-order valence-corrected chi connectivity index (χ3v) is 4.35. The first kappa shape index (κ1) is 14.9. The van der Waals surface area contributed by atoms with Crippen LogP contribution in [0.15, 0.2) is 54.7 Å². The quantitative estimate of drug-likeness (QED) is 0.568. The molecule has 24 heavy (non-hydrogen) atoms. The minimum Gasteiger partial charge on any atom is -0.325 e. The molecule has 0 aliphatic rings. The zero-order chi connectivity index (χ0) is 16.5. The van der Waals surface area contributed by atoms with E-state index in [1.807, 2.05) is 23.0 Å². The number of benzene rings is 2. The summed E-state index contributed by atoms with van der Waals surface area (Å²) in [5, 5.41) is 5.71. The van der Waals surface area contributed by atoms with Crippen molar-refractivity contribution in [3.63, 3.8) is 0 Å². The van der Waals surface area contributed by atoms with E-state index >= 15 is 0 Å². The lowest BCUT2D eigenvalue weighted by Gasteiger charge is -2.13. The maximum absolute atomic E-state index is 4.86. The van der Waals surface area contributed by atoms with Gasteiger partial charge in [-0.2, -0.15) is 5.10 Å². The summed E-state index contributed by atoms with van der Waals surface area (Å²) in [7, 11) is 4.19. The highest BCUT2D eigenvalue weighted by Gasteiger charge is 2.12. The van der Waals surface area contributed by atoms with Crippen LogP contribution in [0.5, 0.6) is 0 Å². The van der Waals surface area contributed by atoms with Gasteiger partial charge in [-0.25, -0.2) is 4.98 Å². The Morgan fingerprint density at radius 3 is 2.54 bits per heavy atom. The van der Waals surface area contributed by atoms with Crippen molar-refractivity contribution in [2.24, 2.45) is 0 Å². The van der Waals surface area contributed by atoms with Gasteiger partial charge < -0.3 is 9.47 Å². The first-order valence-corrected chi connectivity index (χ1v) is 8.22. The predicted molar refractivity (Wildman–Crippen MR) is 97.1 cm³/mol. The number of hydrogen-bond acceptors (Lipinski definition) is 3. The number of likely N-dealkylation sites (N-methyl/N-ethyl adjacent to an activating group) is 1. The summed E-state index contributed by atoms with van der Waals surface area (Å²) in [6.45, 7) is 2.57. The molecule has 0 radical (unpaired) electrons. The van der Waals surface area contributed by atoms with Crippen molar-refractivity contribution < 1.29 is 0 Å². The van der Waals surface area contributed by atoms with Crippen molar-refractivity contribution in [2.75, 3.05) is 20.6 Å². The molecule has 0 unspecified atom stereocenters. The fourth-order valence-corrected chi connectivity index (χ4v) is 3.08. The molecule has 4 aromatic rings. The van der Waals surface area contributed by atoms with E-state index in [0.717, 1.165) is 35.3 Å². The van der Waals surface area contributed by atoms with Gasteiger partial charge in [-0.15, -0.1) is 0 Å². The van der Waals surface area contributed by atoms with Crippen molar-refractivity contribution in [3.05, 3.63) is 60.6 Å². The van der Waals surface area contributed by atoms with Gasteiger partial charge in [-0.3, -0.25) is 4.68 Å². The average Bonchev–Trinajstić information content (AvgIpc) is 3.15. The lowest BCUT2D eigenvalue weighted by Crippen LogP contribution is -2.20. The third-order valence-electron chi connectivity index (χ3n) is 4.35. The van der Waals surface area contributed by atoms with Crippen LogP contribution >= 0.6 is 0 Å². The van der Waals surface area contributed by atoms with Crippen LogP contribution in [0.25, 0.3) is 21.9 Å². The molecule has 5 nitrogen and oxygen atoms in total. The van der Waals surface area contributed by atoms with Crippen LogP contribution in [-0.4, -0.2) is 44.9 Å². The third kappa shape index (κ3) is 2.67. The Kier molecular flexibility index (Phi) is 3.78. The second-order valence-corrected chi connectivity index (χ2v) is 6.33. The molecule has 2 heterocycles. The fourth-order valence-electron chi connectivity index (χ4n) is 3.08. The van der Waals surface area contributed by atoms with Crippen molar-refractivity contribution in [1.29, 1.82) is 0 Å². The Labute approximate surface area is 141 Å². The first-order chi connectivity index (χ1) is 11.7. The van der Waals surface area contributed by atoms with Crippen molar-refractivity contribution >= 4 is 21.9 Å². The van der Waals surface area contributed by atoms with Gasteiger partial charge in [0.25, 0.3) is 0 Å². The number of rotatable bonds is 5. The van der Waals surface area contributed by atoms with Crippen molar-refractivity contribution in [3.8, 4) is 0 Å². The smallest absolute Gasteiger partial charge is 0.131 e. The Morgan fingerprint density at radius 2 is 1.71 bits per heavy atom. The molecular formula is C19H21N5. The van der Waals surface area contributed by atoms with Gasteiger partial charge in [-0.1, -0.05) is 30.3 Å². The molecule has 5 heteroatoms. The Balaban J connectivity index is 1.76. The minimum absolute atomic E-state index is 0.676. The zero-order valence-electron chi connectivity index (χ0n) is 14.1. The van der Waals surface area contributed by atoms with Gasteiger partial charge in [0.15, 0.2) is 0 Å². The second-order valence-electron chi connectivity index (χ2n) is 6.33. The van der Waals surface area contributed by atoms with Crippen molar-refractivity contribution in [2.45, 2.75) is 13.1 Å². The van der Waals surface area contributed by atoms with Crippen LogP contribution in [0.2, 0.25) is 0 Å². The molecule has 0 N–H and O–H groups in total. The second kappa shape index (κ2) is 6.09. The van der Waals surface area contributed by atoms with E-state index in [0.29, 0.717) is 6.54 Å². The van der Waals surface area contributed by atoms with Crippen molar-refractivity contribution in [1.82, 2.24) is 24.2 Å². The SMILES string of the molecule is CN(C)CCn1c(Cn2ncc3ccccc32)nc2ccccc21. The monoisotopic (exact) mass is 319 g/mol. The van der Waals surface area contributed by atoms with Crippen LogP contribution in [-0.2, 0) is 13.1 Å². The lowest BCUT2D eigenvalue weighted by molar-refractivity contribution is 0.382. The zero-order valence-corrected chi connectivity index (χ0v) is 14.1. The Morgan fingerprint density at radius 1 is 0.958 bits per heavy atom. The maximum atomic E-state index is 4.86. The number of hydrogen-bond donors (Lipinski definition) is 0. The number of fused-ring (bicyclic) bond motifs is 2. The molecule has 122 valence electrons. The highest BCUT2D eigenvalue weighted by molar-refractivity contribution is 5.78. The van der Waals surface area contributed by atoms with Gasteiger partial charge in [0.1, 0.15) is 5.82 Å². The molecule has 2 aromatic carbocycles. The maximum Gasteiger partial charge on any atom is 0.131 e. The number of nitrogens with zero attached hydrogens (tertiary/aromatic N) is 5. The van der Waals surface area contributed by atoms with E-state index < -0.39 is 0 Å². The summed E-state index contributed by atoms with van der Waals surface area (Å²) in [4.78, 5) is 7.05. The highest BCUT2D eigenvalue weighted by atomic mass is 15.3. The summed E-state index contributed by atoms with van der Waals surface area (Å²) in [6, 6.07) is 16.6. The lowest BCUT2D eigenvalue weighted by atomic mass is 10.2. The molecule has 0 saturated carbocycles. The van der Waals surface area contributed by atoms with E-state index in [1.165, 1.54) is 5.52 Å². The Bertz CT molecular complexity index is 980. The van der Waals surface area contributed by atoms with Gasteiger partial charge in [0.05, 0.1) is 29.3 Å². The van der Waals surface area contributed by atoms with Crippen LogP contribution in [0.1, 0.15) is 5.82 Å². The molecule has 0 amide bonds. The number of aromatic nitrogens is 4. The minimum atomic E-state index is 0.676. The largest absolute Gasteiger partial charge is 0.325 e. The Hall–Kier alpha value is -2.66. The van der Waals surface area contributed by atoms with Gasteiger partial charge >= 0.3 is 0 Å². The molecule has 0 aliphatic heterocycles. The summed E-state index contributed by atoms with van der Waals surface area (Å²) in [5.41, 5.74) is 3.37. The summed E-state index contributed by atoms with van der Waals surface area (Å²) in [5.74, 6) is 1.05. The van der Waals surface area contributed by atoms with E-state index in [4.69, 9.17) is 4.98 Å². The van der Waals surface area contributed by atoms with Gasteiger partial charge in [0, 0.05) is 18.5 Å². The van der Waals surface area contributed by atoms with Gasteiger partial charge in [0.2, 0.25) is 0 Å². The summed E-state index contributed by atoms with van der Waals surface area (Å²) in [6.07, 6.45) is 1.92.